The number of hydrogen-bond donors (Lipinski definition) is 2. The third kappa shape index (κ3) is 4.51. The van der Waals surface area contributed by atoms with Gasteiger partial charge in [-0.15, -0.1) is 0 Å². The summed E-state index contributed by atoms with van der Waals surface area (Å²) in [6.07, 6.45) is 7.68. The van der Waals surface area contributed by atoms with Crippen molar-refractivity contribution < 1.29 is 14.6 Å². The van der Waals surface area contributed by atoms with Gasteiger partial charge < -0.3 is 20.3 Å². The number of ether oxygens (including phenoxy) is 2. The van der Waals surface area contributed by atoms with Gasteiger partial charge in [0.25, 0.3) is 0 Å². The van der Waals surface area contributed by atoms with Gasteiger partial charge in [0.1, 0.15) is 18.5 Å². The highest BCUT2D eigenvalue weighted by Gasteiger charge is 2.05. The highest BCUT2D eigenvalue weighted by atomic mass is 16.5. The third-order valence-corrected chi connectivity index (χ3v) is 2.12. The topological polar surface area (TPSA) is 64.7 Å². The van der Waals surface area contributed by atoms with Crippen LogP contribution in [0.5, 0.6) is 0 Å². The Morgan fingerprint density at radius 1 is 1.56 bits per heavy atom. The molecule has 0 heterocycles. The summed E-state index contributed by atoms with van der Waals surface area (Å²) in [5, 5.41) is 9.22. The number of aliphatic hydroxyl groups is 1. The minimum absolute atomic E-state index is 0.215. The van der Waals surface area contributed by atoms with E-state index in [2.05, 4.69) is 0 Å². The highest BCUT2D eigenvalue weighted by molar-refractivity contribution is 5.31. The average Bonchev–Trinajstić information content (AvgIpc) is 2.34. The van der Waals surface area contributed by atoms with Crippen LogP contribution in [-0.2, 0) is 9.47 Å². The molecule has 90 valence electrons. The maximum Gasteiger partial charge on any atom is 0.115 e. The highest BCUT2D eigenvalue weighted by Crippen LogP contribution is 2.16. The van der Waals surface area contributed by atoms with E-state index in [1.54, 1.807) is 6.26 Å². The first-order valence-corrected chi connectivity index (χ1v) is 5.46. The van der Waals surface area contributed by atoms with Crippen molar-refractivity contribution in [2.24, 2.45) is 5.73 Å². The van der Waals surface area contributed by atoms with Crippen molar-refractivity contribution in [1.82, 2.24) is 0 Å². The van der Waals surface area contributed by atoms with Crippen LogP contribution in [0.3, 0.4) is 0 Å². The summed E-state index contributed by atoms with van der Waals surface area (Å²) >= 11 is 0. The molecule has 4 nitrogen and oxygen atoms in total. The van der Waals surface area contributed by atoms with Crippen molar-refractivity contribution >= 4 is 0 Å². The SMILES string of the molecule is CCOC=C1C=CC(OCC(O)CN)=CC1. The van der Waals surface area contributed by atoms with Gasteiger partial charge in [0.15, 0.2) is 0 Å². The maximum absolute atomic E-state index is 9.22. The summed E-state index contributed by atoms with van der Waals surface area (Å²) in [5.41, 5.74) is 6.38. The van der Waals surface area contributed by atoms with Crippen LogP contribution < -0.4 is 5.73 Å². The molecular formula is C12H19NO3. The Hall–Kier alpha value is -1.26. The molecule has 16 heavy (non-hydrogen) atoms. The number of nitrogens with two attached hydrogens (primary N) is 1. The van der Waals surface area contributed by atoms with Gasteiger partial charge in [-0.1, -0.05) is 6.08 Å². The molecule has 0 aromatic carbocycles. The van der Waals surface area contributed by atoms with Crippen molar-refractivity contribution in [2.75, 3.05) is 19.8 Å². The smallest absolute Gasteiger partial charge is 0.115 e. The van der Waals surface area contributed by atoms with Gasteiger partial charge in [-0.3, -0.25) is 0 Å². The molecule has 0 fully saturated rings. The lowest BCUT2D eigenvalue weighted by Gasteiger charge is -2.13. The summed E-state index contributed by atoms with van der Waals surface area (Å²) in [6, 6.07) is 0. The van der Waals surface area contributed by atoms with Crippen molar-refractivity contribution in [2.45, 2.75) is 19.4 Å². The fraction of sp³-hybridized carbons (Fsp3) is 0.500. The maximum atomic E-state index is 9.22. The van der Waals surface area contributed by atoms with Crippen LogP contribution in [0.4, 0.5) is 0 Å². The molecular weight excluding hydrogens is 206 g/mol. The van der Waals surface area contributed by atoms with E-state index in [-0.39, 0.29) is 13.2 Å². The standard InChI is InChI=1S/C12H19NO3/c1-2-15-8-10-3-5-12(6-4-10)16-9-11(14)7-13/h3,5-6,8,11,14H,2,4,7,9,13H2,1H3. The summed E-state index contributed by atoms with van der Waals surface area (Å²) in [4.78, 5) is 0. The monoisotopic (exact) mass is 225 g/mol. The van der Waals surface area contributed by atoms with E-state index in [9.17, 15) is 5.11 Å². The normalized spacial score (nSPS) is 19.4. The van der Waals surface area contributed by atoms with Crippen LogP contribution in [0, 0.1) is 0 Å². The van der Waals surface area contributed by atoms with Crippen molar-refractivity contribution in [3.05, 3.63) is 35.8 Å². The first kappa shape index (κ1) is 12.8. The van der Waals surface area contributed by atoms with Gasteiger partial charge in [0, 0.05) is 6.54 Å². The molecule has 0 aliphatic heterocycles. The molecule has 0 saturated heterocycles. The van der Waals surface area contributed by atoms with E-state index < -0.39 is 6.10 Å². The van der Waals surface area contributed by atoms with E-state index >= 15 is 0 Å². The van der Waals surface area contributed by atoms with Crippen molar-refractivity contribution in [1.29, 1.82) is 0 Å². The van der Waals surface area contributed by atoms with E-state index in [4.69, 9.17) is 15.2 Å². The fourth-order valence-electron chi connectivity index (χ4n) is 1.19. The molecule has 0 bridgehead atoms. The first-order chi connectivity index (χ1) is 7.76. The summed E-state index contributed by atoms with van der Waals surface area (Å²) in [7, 11) is 0. The largest absolute Gasteiger partial charge is 0.501 e. The molecule has 0 radical (unpaired) electrons. The van der Waals surface area contributed by atoms with E-state index in [0.717, 1.165) is 17.8 Å². The molecule has 0 aromatic heterocycles. The Morgan fingerprint density at radius 3 is 2.94 bits per heavy atom. The summed E-state index contributed by atoms with van der Waals surface area (Å²) in [6.45, 7) is 3.07. The minimum atomic E-state index is -0.602. The lowest BCUT2D eigenvalue weighted by molar-refractivity contribution is 0.0810. The lowest BCUT2D eigenvalue weighted by atomic mass is 10.1. The fourth-order valence-corrected chi connectivity index (χ4v) is 1.19. The molecule has 4 heteroatoms. The van der Waals surface area contributed by atoms with Crippen LogP contribution in [-0.4, -0.2) is 31.0 Å². The van der Waals surface area contributed by atoms with Crippen molar-refractivity contribution in [3.8, 4) is 0 Å². The number of allylic oxidation sites excluding steroid dienone is 4. The number of hydrogen-bond acceptors (Lipinski definition) is 4. The van der Waals surface area contributed by atoms with Gasteiger partial charge in [-0.2, -0.15) is 0 Å². The Kier molecular flexibility index (Phi) is 5.67. The van der Waals surface area contributed by atoms with Crippen LogP contribution in [0.1, 0.15) is 13.3 Å². The van der Waals surface area contributed by atoms with E-state index in [0.29, 0.717) is 6.61 Å². The second-order valence-corrected chi connectivity index (χ2v) is 3.49. The molecule has 0 amide bonds. The van der Waals surface area contributed by atoms with E-state index in [1.807, 2.05) is 25.2 Å². The zero-order valence-corrected chi connectivity index (χ0v) is 9.56. The molecule has 1 aliphatic carbocycles. The zero-order valence-electron chi connectivity index (χ0n) is 9.56. The summed E-state index contributed by atoms with van der Waals surface area (Å²) in [5.74, 6) is 0.765. The Labute approximate surface area is 96.0 Å². The molecule has 1 atom stereocenters. The van der Waals surface area contributed by atoms with Crippen LogP contribution in [0.15, 0.2) is 35.8 Å². The Balaban J connectivity index is 2.33. The zero-order chi connectivity index (χ0) is 11.8. The second kappa shape index (κ2) is 7.09. The minimum Gasteiger partial charge on any atom is -0.501 e. The molecule has 1 rings (SSSR count). The lowest BCUT2D eigenvalue weighted by Crippen LogP contribution is -2.24. The quantitative estimate of drug-likeness (QED) is 0.664. The molecule has 0 saturated carbocycles. The van der Waals surface area contributed by atoms with Crippen LogP contribution in [0.25, 0.3) is 0 Å². The Bertz CT molecular complexity index is 295. The van der Waals surface area contributed by atoms with Crippen LogP contribution >= 0.6 is 0 Å². The molecule has 0 spiro atoms. The van der Waals surface area contributed by atoms with Crippen LogP contribution in [0.2, 0.25) is 0 Å². The average molecular weight is 225 g/mol. The third-order valence-electron chi connectivity index (χ3n) is 2.12. The molecule has 3 N–H and O–H groups in total. The van der Waals surface area contributed by atoms with Gasteiger partial charge >= 0.3 is 0 Å². The number of rotatable bonds is 6. The van der Waals surface area contributed by atoms with Gasteiger partial charge in [0.05, 0.1) is 12.9 Å². The molecule has 0 aromatic rings. The predicted molar refractivity (Wildman–Crippen MR) is 62.6 cm³/mol. The van der Waals surface area contributed by atoms with Crippen molar-refractivity contribution in [3.63, 3.8) is 0 Å². The first-order valence-electron chi connectivity index (χ1n) is 5.46. The summed E-state index contributed by atoms with van der Waals surface area (Å²) < 4.78 is 10.5. The second-order valence-electron chi connectivity index (χ2n) is 3.49. The predicted octanol–water partition coefficient (Wildman–Crippen LogP) is 1.09. The molecule has 1 unspecified atom stereocenters. The van der Waals surface area contributed by atoms with Gasteiger partial charge in [-0.25, -0.2) is 0 Å². The van der Waals surface area contributed by atoms with Gasteiger partial charge in [-0.05, 0) is 31.1 Å². The Morgan fingerprint density at radius 2 is 2.38 bits per heavy atom. The van der Waals surface area contributed by atoms with E-state index in [1.165, 1.54) is 0 Å². The number of aliphatic hydroxyl groups excluding tert-OH is 1. The van der Waals surface area contributed by atoms with Gasteiger partial charge in [0.2, 0.25) is 0 Å². The molecule has 1 aliphatic rings.